The molecule has 7 heteroatoms. The fraction of sp³-hybridized carbons (Fsp3) is 0.500. The number of carbonyl (C=O) groups is 1. The molecule has 166 valence electrons. The lowest BCUT2D eigenvalue weighted by atomic mass is 10.1. The van der Waals surface area contributed by atoms with Crippen molar-refractivity contribution in [2.45, 2.75) is 39.5 Å². The predicted octanol–water partition coefficient (Wildman–Crippen LogP) is 3.53. The van der Waals surface area contributed by atoms with Crippen molar-refractivity contribution < 1.29 is 14.3 Å². The fourth-order valence-corrected chi connectivity index (χ4v) is 3.98. The van der Waals surface area contributed by atoms with Crippen LogP contribution in [-0.2, 0) is 17.8 Å². The molecule has 2 aliphatic rings. The molecule has 31 heavy (non-hydrogen) atoms. The normalized spacial score (nSPS) is 17.5. The molecule has 4 rings (SSSR count). The van der Waals surface area contributed by atoms with Crippen LogP contribution in [0.2, 0.25) is 0 Å². The second-order valence-corrected chi connectivity index (χ2v) is 9.12. The Bertz CT molecular complexity index is 889. The highest BCUT2D eigenvalue weighted by Crippen LogP contribution is 2.33. The molecule has 0 unspecified atom stereocenters. The van der Waals surface area contributed by atoms with Gasteiger partial charge in [-0.25, -0.2) is 9.78 Å². The van der Waals surface area contributed by atoms with Gasteiger partial charge in [0, 0.05) is 57.6 Å². The van der Waals surface area contributed by atoms with E-state index in [1.807, 2.05) is 33.0 Å². The van der Waals surface area contributed by atoms with Gasteiger partial charge in [-0.1, -0.05) is 30.3 Å². The first-order valence-electron chi connectivity index (χ1n) is 11.0. The number of hydrogen-bond donors (Lipinski definition) is 0. The highest BCUT2D eigenvalue weighted by atomic mass is 16.6. The molecule has 1 saturated heterocycles. The number of nitrogens with zero attached hydrogens (tertiary/aromatic N) is 4. The van der Waals surface area contributed by atoms with Crippen molar-refractivity contribution in [1.29, 1.82) is 0 Å². The van der Waals surface area contributed by atoms with Gasteiger partial charge in [0.05, 0.1) is 0 Å². The Morgan fingerprint density at radius 3 is 2.52 bits per heavy atom. The number of pyridine rings is 1. The summed E-state index contributed by atoms with van der Waals surface area (Å²) < 4.78 is 11.7. The molecule has 0 atom stereocenters. The van der Waals surface area contributed by atoms with Crippen molar-refractivity contribution in [3.8, 4) is 5.75 Å². The van der Waals surface area contributed by atoms with Crippen LogP contribution in [0.4, 0.5) is 10.6 Å². The van der Waals surface area contributed by atoms with Gasteiger partial charge in [-0.3, -0.25) is 4.90 Å². The number of piperazine rings is 1. The lowest BCUT2D eigenvalue weighted by Gasteiger charge is -2.36. The van der Waals surface area contributed by atoms with Crippen LogP contribution in [0, 0.1) is 0 Å². The van der Waals surface area contributed by atoms with Crippen LogP contribution in [-0.4, -0.2) is 65.8 Å². The summed E-state index contributed by atoms with van der Waals surface area (Å²) in [5, 5.41) is 0. The second-order valence-electron chi connectivity index (χ2n) is 9.12. The fourth-order valence-electron chi connectivity index (χ4n) is 3.98. The summed E-state index contributed by atoms with van der Waals surface area (Å²) in [4.78, 5) is 23.4. The van der Waals surface area contributed by atoms with E-state index in [2.05, 4.69) is 45.1 Å². The molecular formula is C24H32N4O3. The monoisotopic (exact) mass is 424 g/mol. The van der Waals surface area contributed by atoms with E-state index >= 15 is 0 Å². The minimum Gasteiger partial charge on any atom is -0.488 e. The minimum atomic E-state index is -0.480. The SMILES string of the molecule is CC(C)(C)OC(=O)N1CCN(c2nccc3c2OCCN(Cc2ccccc2)C3)CC1. The largest absolute Gasteiger partial charge is 0.488 e. The Labute approximate surface area is 184 Å². The quantitative estimate of drug-likeness (QED) is 0.751. The van der Waals surface area contributed by atoms with Crippen LogP contribution < -0.4 is 9.64 Å². The van der Waals surface area contributed by atoms with E-state index in [0.29, 0.717) is 32.8 Å². The molecule has 7 nitrogen and oxygen atoms in total. The van der Waals surface area contributed by atoms with Gasteiger partial charge in [0.2, 0.25) is 0 Å². The number of carbonyl (C=O) groups excluding carboxylic acids is 1. The second kappa shape index (κ2) is 9.14. The highest BCUT2D eigenvalue weighted by molar-refractivity contribution is 5.69. The van der Waals surface area contributed by atoms with Crippen LogP contribution in [0.1, 0.15) is 31.9 Å². The Morgan fingerprint density at radius 2 is 1.81 bits per heavy atom. The van der Waals surface area contributed by atoms with Crippen molar-refractivity contribution in [3.63, 3.8) is 0 Å². The molecule has 0 spiro atoms. The van der Waals surface area contributed by atoms with E-state index in [9.17, 15) is 4.79 Å². The van der Waals surface area contributed by atoms with Crippen molar-refractivity contribution >= 4 is 11.9 Å². The maximum Gasteiger partial charge on any atom is 0.410 e. The van der Waals surface area contributed by atoms with E-state index in [4.69, 9.17) is 9.47 Å². The van der Waals surface area contributed by atoms with Crippen LogP contribution >= 0.6 is 0 Å². The molecule has 0 aliphatic carbocycles. The predicted molar refractivity (Wildman–Crippen MR) is 120 cm³/mol. The van der Waals surface area contributed by atoms with Gasteiger partial charge in [-0.05, 0) is 32.4 Å². The summed E-state index contributed by atoms with van der Waals surface area (Å²) in [5.74, 6) is 1.76. The van der Waals surface area contributed by atoms with Gasteiger partial charge in [0.25, 0.3) is 0 Å². The lowest BCUT2D eigenvalue weighted by Crippen LogP contribution is -2.50. The summed E-state index contributed by atoms with van der Waals surface area (Å²) in [6.45, 7) is 11.5. The summed E-state index contributed by atoms with van der Waals surface area (Å²) in [7, 11) is 0. The number of ether oxygens (including phenoxy) is 2. The molecule has 3 heterocycles. The maximum absolute atomic E-state index is 12.4. The number of fused-ring (bicyclic) bond motifs is 1. The average Bonchev–Trinajstić information content (AvgIpc) is 2.95. The molecule has 0 radical (unpaired) electrons. The molecule has 1 amide bonds. The zero-order valence-corrected chi connectivity index (χ0v) is 18.7. The van der Waals surface area contributed by atoms with E-state index in [1.165, 1.54) is 5.56 Å². The molecule has 0 bridgehead atoms. The third-order valence-electron chi connectivity index (χ3n) is 5.50. The Morgan fingerprint density at radius 1 is 1.06 bits per heavy atom. The number of benzene rings is 1. The molecule has 2 aromatic rings. The van der Waals surface area contributed by atoms with Gasteiger partial charge < -0.3 is 19.3 Å². The van der Waals surface area contributed by atoms with Gasteiger partial charge in [-0.15, -0.1) is 0 Å². The van der Waals surface area contributed by atoms with E-state index in [0.717, 1.165) is 36.8 Å². The highest BCUT2D eigenvalue weighted by Gasteiger charge is 2.29. The Balaban J connectivity index is 1.42. The number of anilines is 1. The van der Waals surface area contributed by atoms with Crippen molar-refractivity contribution in [3.05, 3.63) is 53.7 Å². The minimum absolute atomic E-state index is 0.250. The van der Waals surface area contributed by atoms with Crippen LogP contribution in [0.25, 0.3) is 0 Å². The summed E-state index contributed by atoms with van der Waals surface area (Å²) in [6, 6.07) is 12.6. The molecule has 0 saturated carbocycles. The van der Waals surface area contributed by atoms with E-state index in [1.54, 1.807) is 4.90 Å². The first-order valence-corrected chi connectivity index (χ1v) is 11.0. The number of hydrogen-bond acceptors (Lipinski definition) is 6. The first kappa shape index (κ1) is 21.4. The molecule has 1 aromatic carbocycles. The van der Waals surface area contributed by atoms with E-state index < -0.39 is 5.60 Å². The first-order chi connectivity index (χ1) is 14.9. The zero-order valence-electron chi connectivity index (χ0n) is 18.7. The maximum atomic E-state index is 12.4. The number of aromatic nitrogens is 1. The molecule has 1 aromatic heterocycles. The third-order valence-corrected chi connectivity index (χ3v) is 5.50. The van der Waals surface area contributed by atoms with Gasteiger partial charge in [0.1, 0.15) is 12.2 Å². The van der Waals surface area contributed by atoms with Gasteiger partial charge in [-0.2, -0.15) is 0 Å². The molecular weight excluding hydrogens is 392 g/mol. The average molecular weight is 425 g/mol. The van der Waals surface area contributed by atoms with Crippen LogP contribution in [0.15, 0.2) is 42.6 Å². The summed E-state index contributed by atoms with van der Waals surface area (Å²) in [5.41, 5.74) is 1.98. The summed E-state index contributed by atoms with van der Waals surface area (Å²) >= 11 is 0. The van der Waals surface area contributed by atoms with Crippen LogP contribution in [0.5, 0.6) is 5.75 Å². The third kappa shape index (κ3) is 5.47. The van der Waals surface area contributed by atoms with E-state index in [-0.39, 0.29) is 6.09 Å². The Hall–Kier alpha value is -2.80. The Kier molecular flexibility index (Phi) is 6.32. The summed E-state index contributed by atoms with van der Waals surface area (Å²) in [6.07, 6.45) is 1.61. The smallest absolute Gasteiger partial charge is 0.410 e. The molecule has 0 N–H and O–H groups in total. The number of amides is 1. The van der Waals surface area contributed by atoms with Crippen molar-refractivity contribution in [2.24, 2.45) is 0 Å². The molecule has 1 fully saturated rings. The zero-order chi connectivity index (χ0) is 21.8. The lowest BCUT2D eigenvalue weighted by molar-refractivity contribution is 0.0240. The van der Waals surface area contributed by atoms with Gasteiger partial charge >= 0.3 is 6.09 Å². The molecule has 2 aliphatic heterocycles. The van der Waals surface area contributed by atoms with Gasteiger partial charge in [0.15, 0.2) is 11.6 Å². The topological polar surface area (TPSA) is 58.1 Å². The number of rotatable bonds is 3. The van der Waals surface area contributed by atoms with Crippen molar-refractivity contribution in [1.82, 2.24) is 14.8 Å². The van der Waals surface area contributed by atoms with Crippen LogP contribution in [0.3, 0.4) is 0 Å². The van der Waals surface area contributed by atoms with Crippen molar-refractivity contribution in [2.75, 3.05) is 44.2 Å². The standard InChI is InChI=1S/C24H32N4O3/c1-24(2,3)31-23(29)28-13-11-27(12-14-28)22-21-20(9-10-25-22)18-26(15-16-30-21)17-19-7-5-4-6-8-19/h4-10H,11-18H2,1-3H3.